The van der Waals surface area contributed by atoms with Gasteiger partial charge in [0.25, 0.3) is 5.91 Å². The lowest BCUT2D eigenvalue weighted by molar-refractivity contribution is -0.148. The van der Waals surface area contributed by atoms with Gasteiger partial charge in [0.1, 0.15) is 0 Å². The SMILES string of the molecule is O=C1COC(=O)CCCCN1. The van der Waals surface area contributed by atoms with E-state index in [0.717, 1.165) is 12.8 Å². The van der Waals surface area contributed by atoms with Crippen LogP contribution in [0.15, 0.2) is 0 Å². The number of nitrogens with one attached hydrogen (secondary N) is 1. The maximum atomic E-state index is 10.7. The van der Waals surface area contributed by atoms with Gasteiger partial charge in [0.15, 0.2) is 6.61 Å². The summed E-state index contributed by atoms with van der Waals surface area (Å²) < 4.78 is 4.62. The summed E-state index contributed by atoms with van der Waals surface area (Å²) in [6.45, 7) is 0.522. The number of rotatable bonds is 0. The van der Waals surface area contributed by atoms with Gasteiger partial charge >= 0.3 is 5.97 Å². The van der Waals surface area contributed by atoms with Crippen LogP contribution >= 0.6 is 0 Å². The average molecular weight is 157 g/mol. The lowest BCUT2D eigenvalue weighted by Crippen LogP contribution is -2.28. The molecule has 0 bridgehead atoms. The Morgan fingerprint density at radius 2 is 2.09 bits per heavy atom. The lowest BCUT2D eigenvalue weighted by atomic mass is 10.2. The van der Waals surface area contributed by atoms with E-state index < -0.39 is 0 Å². The van der Waals surface area contributed by atoms with Crippen molar-refractivity contribution in [3.8, 4) is 0 Å². The zero-order valence-corrected chi connectivity index (χ0v) is 6.26. The molecule has 1 rings (SSSR count). The van der Waals surface area contributed by atoms with Crippen molar-refractivity contribution < 1.29 is 14.3 Å². The minimum Gasteiger partial charge on any atom is -0.456 e. The Hall–Kier alpha value is -1.06. The van der Waals surface area contributed by atoms with Crippen LogP contribution in [0.3, 0.4) is 0 Å². The molecule has 1 saturated heterocycles. The fraction of sp³-hybridized carbons (Fsp3) is 0.714. The lowest BCUT2D eigenvalue weighted by Gasteiger charge is -2.00. The van der Waals surface area contributed by atoms with Gasteiger partial charge in [-0.2, -0.15) is 0 Å². The normalized spacial score (nSPS) is 20.7. The van der Waals surface area contributed by atoms with Crippen LogP contribution in [-0.2, 0) is 14.3 Å². The second-order valence-corrected chi connectivity index (χ2v) is 2.47. The first-order valence-electron chi connectivity index (χ1n) is 3.71. The number of carbonyl (C=O) groups excluding carboxylic acids is 2. The number of amides is 1. The molecular weight excluding hydrogens is 146 g/mol. The van der Waals surface area contributed by atoms with E-state index in [9.17, 15) is 9.59 Å². The maximum Gasteiger partial charge on any atom is 0.306 e. The smallest absolute Gasteiger partial charge is 0.306 e. The van der Waals surface area contributed by atoms with Crippen LogP contribution in [0.4, 0.5) is 0 Å². The first kappa shape index (κ1) is 8.04. The molecule has 1 N–H and O–H groups in total. The standard InChI is InChI=1S/C7H11NO3/c9-6-5-11-7(10)3-1-2-4-8-6/h1-5H2,(H,8,9). The van der Waals surface area contributed by atoms with Crippen molar-refractivity contribution in [3.05, 3.63) is 0 Å². The van der Waals surface area contributed by atoms with Crippen LogP contribution in [0.25, 0.3) is 0 Å². The largest absolute Gasteiger partial charge is 0.456 e. The Labute approximate surface area is 64.9 Å². The molecule has 0 saturated carbocycles. The molecular formula is C7H11NO3. The van der Waals surface area contributed by atoms with E-state index >= 15 is 0 Å². The van der Waals surface area contributed by atoms with Gasteiger partial charge in [-0.3, -0.25) is 9.59 Å². The molecule has 4 nitrogen and oxygen atoms in total. The maximum absolute atomic E-state index is 10.7. The number of esters is 1. The highest BCUT2D eigenvalue weighted by molar-refractivity contribution is 5.80. The van der Waals surface area contributed by atoms with Gasteiger partial charge < -0.3 is 10.1 Å². The van der Waals surface area contributed by atoms with Crippen LogP contribution in [0.1, 0.15) is 19.3 Å². The third kappa shape index (κ3) is 3.02. The van der Waals surface area contributed by atoms with Gasteiger partial charge in [-0.1, -0.05) is 0 Å². The van der Waals surface area contributed by atoms with Crippen LogP contribution in [-0.4, -0.2) is 25.0 Å². The molecule has 0 aromatic rings. The molecule has 0 aromatic carbocycles. The highest BCUT2D eigenvalue weighted by Gasteiger charge is 2.09. The molecule has 4 heteroatoms. The van der Waals surface area contributed by atoms with E-state index in [1.165, 1.54) is 0 Å². The van der Waals surface area contributed by atoms with Gasteiger partial charge in [-0.15, -0.1) is 0 Å². The van der Waals surface area contributed by atoms with E-state index in [2.05, 4.69) is 10.1 Å². The molecule has 0 radical (unpaired) electrons. The molecule has 1 heterocycles. The minimum atomic E-state index is -0.276. The first-order valence-corrected chi connectivity index (χ1v) is 3.71. The second kappa shape index (κ2) is 3.95. The quantitative estimate of drug-likeness (QED) is 0.497. The predicted octanol–water partition coefficient (Wildman–Crippen LogP) is -0.170. The van der Waals surface area contributed by atoms with Crippen molar-refractivity contribution in [2.45, 2.75) is 19.3 Å². The summed E-state index contributed by atoms with van der Waals surface area (Å²) in [5.41, 5.74) is 0. The first-order chi connectivity index (χ1) is 5.29. The Morgan fingerprint density at radius 1 is 1.27 bits per heavy atom. The van der Waals surface area contributed by atoms with Crippen molar-refractivity contribution in [2.75, 3.05) is 13.2 Å². The van der Waals surface area contributed by atoms with Crippen molar-refractivity contribution in [1.29, 1.82) is 0 Å². The van der Waals surface area contributed by atoms with Gasteiger partial charge in [-0.05, 0) is 12.8 Å². The molecule has 0 unspecified atom stereocenters. The van der Waals surface area contributed by atoms with Crippen LogP contribution in [0.5, 0.6) is 0 Å². The summed E-state index contributed by atoms with van der Waals surface area (Å²) >= 11 is 0. The number of carbonyl (C=O) groups is 2. The third-order valence-corrected chi connectivity index (χ3v) is 1.49. The minimum absolute atomic E-state index is 0.126. The third-order valence-electron chi connectivity index (χ3n) is 1.49. The molecule has 0 spiro atoms. The molecule has 0 atom stereocenters. The van der Waals surface area contributed by atoms with Crippen molar-refractivity contribution in [1.82, 2.24) is 5.32 Å². The second-order valence-electron chi connectivity index (χ2n) is 2.47. The number of hydrogen-bond acceptors (Lipinski definition) is 3. The molecule has 11 heavy (non-hydrogen) atoms. The summed E-state index contributed by atoms with van der Waals surface area (Å²) in [6.07, 6.45) is 2.06. The highest BCUT2D eigenvalue weighted by atomic mass is 16.5. The summed E-state index contributed by atoms with van der Waals surface area (Å²) in [5.74, 6) is -0.484. The monoisotopic (exact) mass is 157 g/mol. The van der Waals surface area contributed by atoms with Crippen molar-refractivity contribution in [2.24, 2.45) is 0 Å². The number of hydrogen-bond donors (Lipinski definition) is 1. The number of ether oxygens (including phenoxy) is 1. The molecule has 1 aliphatic heterocycles. The summed E-state index contributed by atoms with van der Waals surface area (Å²) in [4.78, 5) is 21.5. The zero-order valence-electron chi connectivity index (χ0n) is 6.26. The Morgan fingerprint density at radius 3 is 2.91 bits per heavy atom. The average Bonchev–Trinajstić information content (AvgIpc) is 2.06. The van der Waals surface area contributed by atoms with E-state index in [-0.39, 0.29) is 18.5 Å². The van der Waals surface area contributed by atoms with Crippen molar-refractivity contribution in [3.63, 3.8) is 0 Å². The van der Waals surface area contributed by atoms with Gasteiger partial charge in [0.2, 0.25) is 0 Å². The Bertz CT molecular complexity index is 149. The molecule has 0 aliphatic carbocycles. The van der Waals surface area contributed by atoms with E-state index in [0.29, 0.717) is 13.0 Å². The van der Waals surface area contributed by atoms with Crippen LogP contribution < -0.4 is 5.32 Å². The molecule has 1 aliphatic rings. The molecule has 62 valence electrons. The summed E-state index contributed by atoms with van der Waals surface area (Å²) in [5, 5.41) is 2.63. The van der Waals surface area contributed by atoms with E-state index in [4.69, 9.17) is 0 Å². The topological polar surface area (TPSA) is 55.4 Å². The van der Waals surface area contributed by atoms with Crippen molar-refractivity contribution >= 4 is 11.9 Å². The van der Waals surface area contributed by atoms with Gasteiger partial charge in [-0.25, -0.2) is 0 Å². The Kier molecular flexibility index (Phi) is 2.89. The molecule has 0 aromatic heterocycles. The zero-order chi connectivity index (χ0) is 8.10. The number of cyclic esters (lactones) is 1. The Balaban J connectivity index is 2.37. The summed E-state index contributed by atoms with van der Waals surface area (Å²) in [6, 6.07) is 0. The van der Waals surface area contributed by atoms with Crippen LogP contribution in [0.2, 0.25) is 0 Å². The van der Waals surface area contributed by atoms with Gasteiger partial charge in [0.05, 0.1) is 0 Å². The fourth-order valence-corrected chi connectivity index (χ4v) is 0.891. The molecule has 1 amide bonds. The highest BCUT2D eigenvalue weighted by Crippen LogP contribution is 1.98. The fourth-order valence-electron chi connectivity index (χ4n) is 0.891. The molecule has 1 fully saturated rings. The van der Waals surface area contributed by atoms with Crippen LogP contribution in [0, 0.1) is 0 Å². The van der Waals surface area contributed by atoms with Gasteiger partial charge in [0, 0.05) is 13.0 Å². The van der Waals surface area contributed by atoms with E-state index in [1.807, 2.05) is 0 Å². The summed E-state index contributed by atoms with van der Waals surface area (Å²) in [7, 11) is 0. The predicted molar refractivity (Wildman–Crippen MR) is 37.8 cm³/mol. The van der Waals surface area contributed by atoms with E-state index in [1.54, 1.807) is 0 Å².